The van der Waals surface area contributed by atoms with Crippen molar-refractivity contribution >= 4 is 11.8 Å². The number of aliphatic imine (C=N–C) groups is 1. The highest BCUT2D eigenvalue weighted by molar-refractivity contribution is 5.97. The Bertz CT molecular complexity index is 876. The second-order valence-electron chi connectivity index (χ2n) is 8.57. The number of ether oxygens (including phenoxy) is 1. The third-order valence-electron chi connectivity index (χ3n) is 6.26. The van der Waals surface area contributed by atoms with Crippen molar-refractivity contribution in [3.63, 3.8) is 0 Å². The van der Waals surface area contributed by atoms with Gasteiger partial charge in [0, 0.05) is 18.1 Å². The molecule has 0 N–H and O–H groups in total. The van der Waals surface area contributed by atoms with Gasteiger partial charge in [0.2, 0.25) is 0 Å². The molecule has 1 heterocycles. The molecule has 0 bridgehead atoms. The Balaban J connectivity index is 0.000000520. The Labute approximate surface area is 204 Å². The van der Waals surface area contributed by atoms with E-state index in [-0.39, 0.29) is 0 Å². The van der Waals surface area contributed by atoms with Gasteiger partial charge in [0.1, 0.15) is 5.75 Å². The van der Waals surface area contributed by atoms with Gasteiger partial charge < -0.3 is 4.74 Å². The summed E-state index contributed by atoms with van der Waals surface area (Å²) in [5, 5.41) is 0. The van der Waals surface area contributed by atoms with Gasteiger partial charge >= 0.3 is 0 Å². The van der Waals surface area contributed by atoms with Crippen LogP contribution in [0.1, 0.15) is 97.6 Å². The summed E-state index contributed by atoms with van der Waals surface area (Å²) in [6, 6.07) is 6.37. The lowest BCUT2D eigenvalue weighted by Crippen LogP contribution is -2.14. The molecule has 1 aromatic carbocycles. The highest BCUT2D eigenvalue weighted by Crippen LogP contribution is 2.43. The molecule has 2 nitrogen and oxygen atoms in total. The van der Waals surface area contributed by atoms with Crippen LogP contribution >= 0.6 is 0 Å². The highest BCUT2D eigenvalue weighted by Gasteiger charge is 2.31. The van der Waals surface area contributed by atoms with Crippen LogP contribution in [0.5, 0.6) is 5.75 Å². The maximum atomic E-state index is 5.47. The summed E-state index contributed by atoms with van der Waals surface area (Å²) < 4.78 is 5.47. The molecule has 1 atom stereocenters. The summed E-state index contributed by atoms with van der Waals surface area (Å²) in [7, 11) is 1.73. The van der Waals surface area contributed by atoms with Gasteiger partial charge in [0.05, 0.1) is 12.8 Å². The fourth-order valence-electron chi connectivity index (χ4n) is 4.20. The van der Waals surface area contributed by atoms with Gasteiger partial charge in [-0.3, -0.25) is 4.99 Å². The first-order valence-electron chi connectivity index (χ1n) is 12.9. The zero-order valence-corrected chi connectivity index (χ0v) is 22.6. The summed E-state index contributed by atoms with van der Waals surface area (Å²) >= 11 is 0. The van der Waals surface area contributed by atoms with Gasteiger partial charge in [-0.1, -0.05) is 69.5 Å². The molecule has 2 heteroatoms. The van der Waals surface area contributed by atoms with Gasteiger partial charge in [-0.2, -0.15) is 0 Å². The van der Waals surface area contributed by atoms with Crippen molar-refractivity contribution in [1.29, 1.82) is 0 Å². The first-order chi connectivity index (χ1) is 16.0. The average molecular weight is 450 g/mol. The van der Waals surface area contributed by atoms with E-state index in [2.05, 4.69) is 71.5 Å². The van der Waals surface area contributed by atoms with E-state index in [4.69, 9.17) is 9.73 Å². The zero-order valence-electron chi connectivity index (χ0n) is 22.6. The Kier molecular flexibility index (Phi) is 13.5. The molecule has 1 aliphatic heterocycles. The van der Waals surface area contributed by atoms with Gasteiger partial charge in [-0.05, 0) is 81.7 Å². The standard InChI is InChI=1S/C22H27NO.C7H14.C2H6/c1-5-8-19-18(6-2)22(17-9-7-10-17)20(23-19)13-16-12-11-15(3)21(14-16)24-4;1-4-6-7(3)5-2;1-2/h5,11-14,18H,1,6-10H2,2-4H3;5H,4,6H2,1-3H3;1-2H3/b20-13+;7-5+;. The number of aryl methyl sites for hydroxylation is 1. The summed E-state index contributed by atoms with van der Waals surface area (Å²) in [6.45, 7) is 18.7. The van der Waals surface area contributed by atoms with Crippen LogP contribution < -0.4 is 4.74 Å². The van der Waals surface area contributed by atoms with Crippen molar-refractivity contribution in [3.8, 4) is 5.75 Å². The quantitative estimate of drug-likeness (QED) is 0.380. The van der Waals surface area contributed by atoms with Gasteiger partial charge in [0.15, 0.2) is 0 Å². The minimum absolute atomic E-state index is 0.469. The number of methoxy groups -OCH3 is 1. The van der Waals surface area contributed by atoms with E-state index in [1.54, 1.807) is 12.7 Å². The minimum Gasteiger partial charge on any atom is -0.496 e. The fraction of sp³-hybridized carbons (Fsp3) is 0.516. The average Bonchev–Trinajstić information content (AvgIpc) is 3.12. The Hall–Kier alpha value is -2.35. The van der Waals surface area contributed by atoms with Gasteiger partial charge in [-0.15, -0.1) is 6.58 Å². The molecule has 1 aliphatic carbocycles. The number of nitrogens with zero attached hydrogens (tertiary/aromatic N) is 1. The molecule has 0 spiro atoms. The maximum absolute atomic E-state index is 5.47. The first kappa shape index (κ1) is 28.7. The SMILES string of the molecule is C/C=C(\C)CCC.C=CCC1=N/C(=C/c2ccc(C)c(OC)c2)C(=C2CCC2)C1CC.CC. The van der Waals surface area contributed by atoms with Crippen molar-refractivity contribution in [2.45, 2.75) is 93.4 Å². The lowest BCUT2D eigenvalue weighted by Gasteiger charge is -2.24. The second-order valence-corrected chi connectivity index (χ2v) is 8.57. The molecule has 0 amide bonds. The normalized spacial score (nSPS) is 18.5. The van der Waals surface area contributed by atoms with E-state index >= 15 is 0 Å². The minimum atomic E-state index is 0.469. The Morgan fingerprint density at radius 1 is 1.21 bits per heavy atom. The van der Waals surface area contributed by atoms with Gasteiger partial charge in [-0.25, -0.2) is 0 Å². The molecule has 0 radical (unpaired) electrons. The summed E-state index contributed by atoms with van der Waals surface area (Å²) in [5.41, 5.74) is 9.33. The van der Waals surface area contributed by atoms with Crippen molar-refractivity contribution in [2.75, 3.05) is 7.11 Å². The van der Waals surface area contributed by atoms with Crippen LogP contribution in [0.2, 0.25) is 0 Å². The van der Waals surface area contributed by atoms with Crippen molar-refractivity contribution < 1.29 is 4.74 Å². The molecule has 33 heavy (non-hydrogen) atoms. The van der Waals surface area contributed by atoms with Crippen LogP contribution in [0.15, 0.2) is 64.3 Å². The first-order valence-corrected chi connectivity index (χ1v) is 12.9. The highest BCUT2D eigenvalue weighted by atomic mass is 16.5. The van der Waals surface area contributed by atoms with E-state index < -0.39 is 0 Å². The molecule has 3 rings (SSSR count). The van der Waals surface area contributed by atoms with Gasteiger partial charge in [0.25, 0.3) is 0 Å². The van der Waals surface area contributed by atoms with E-state index in [0.717, 1.165) is 35.4 Å². The largest absolute Gasteiger partial charge is 0.496 e. The Morgan fingerprint density at radius 2 is 1.91 bits per heavy atom. The molecule has 1 aromatic rings. The van der Waals surface area contributed by atoms with Crippen molar-refractivity contribution in [1.82, 2.24) is 0 Å². The number of allylic oxidation sites excluding steroid dienone is 5. The third kappa shape index (κ3) is 8.18. The fourth-order valence-corrected chi connectivity index (χ4v) is 4.20. The predicted molar refractivity (Wildman–Crippen MR) is 148 cm³/mol. The van der Waals surface area contributed by atoms with Crippen LogP contribution in [-0.2, 0) is 0 Å². The summed E-state index contributed by atoms with van der Waals surface area (Å²) in [5.74, 6) is 1.40. The number of hydrogen-bond donors (Lipinski definition) is 0. The van der Waals surface area contributed by atoms with Crippen LogP contribution in [0.4, 0.5) is 0 Å². The molecular weight excluding hydrogens is 402 g/mol. The second kappa shape index (κ2) is 15.5. The topological polar surface area (TPSA) is 21.6 Å². The van der Waals surface area contributed by atoms with Crippen molar-refractivity contribution in [3.05, 3.63) is 70.5 Å². The Morgan fingerprint density at radius 3 is 2.36 bits per heavy atom. The van der Waals surface area contributed by atoms with E-state index in [0.29, 0.717) is 5.92 Å². The van der Waals surface area contributed by atoms with E-state index in [1.807, 2.05) is 19.9 Å². The van der Waals surface area contributed by atoms with Crippen molar-refractivity contribution in [2.24, 2.45) is 10.9 Å². The third-order valence-corrected chi connectivity index (χ3v) is 6.26. The molecule has 0 saturated heterocycles. The molecule has 0 aromatic heterocycles. The van der Waals surface area contributed by atoms with Crippen LogP contribution in [0.3, 0.4) is 0 Å². The monoisotopic (exact) mass is 449 g/mol. The number of benzene rings is 1. The van der Waals surface area contributed by atoms with Crippen LogP contribution in [0.25, 0.3) is 6.08 Å². The van der Waals surface area contributed by atoms with Crippen LogP contribution in [-0.4, -0.2) is 12.8 Å². The molecule has 182 valence electrons. The lowest BCUT2D eigenvalue weighted by atomic mass is 9.80. The van der Waals surface area contributed by atoms with Crippen LogP contribution in [0, 0.1) is 12.8 Å². The predicted octanol–water partition coefficient (Wildman–Crippen LogP) is 9.66. The maximum Gasteiger partial charge on any atom is 0.122 e. The van der Waals surface area contributed by atoms with E-state index in [9.17, 15) is 0 Å². The number of rotatable bonds is 7. The molecule has 1 saturated carbocycles. The molecule has 1 unspecified atom stereocenters. The molecule has 1 fully saturated rings. The lowest BCUT2D eigenvalue weighted by molar-refractivity contribution is 0.411. The smallest absolute Gasteiger partial charge is 0.122 e. The van der Waals surface area contributed by atoms with E-state index in [1.165, 1.54) is 49.0 Å². The molecular formula is C31H47NO. The number of hydrogen-bond acceptors (Lipinski definition) is 2. The zero-order chi connectivity index (χ0) is 24.8. The molecule has 2 aliphatic rings. The summed E-state index contributed by atoms with van der Waals surface area (Å²) in [4.78, 5) is 5.00. The summed E-state index contributed by atoms with van der Waals surface area (Å²) in [6.07, 6.45) is 14.7.